The van der Waals surface area contributed by atoms with Crippen LogP contribution in [0.15, 0.2) is 57.7 Å². The Morgan fingerprint density at radius 2 is 1.92 bits per heavy atom. The molecule has 4 nitrogen and oxygen atoms in total. The molecule has 0 amide bonds. The number of carbonyl (C=O) groups is 1. The maximum atomic E-state index is 12.5. The molecule has 2 aromatic heterocycles. The lowest BCUT2D eigenvalue weighted by Crippen LogP contribution is -2.07. The van der Waals surface area contributed by atoms with Gasteiger partial charge in [0.15, 0.2) is 0 Å². The van der Waals surface area contributed by atoms with Crippen LogP contribution >= 0.6 is 22.9 Å². The molecule has 0 aliphatic rings. The first-order chi connectivity index (χ1) is 12.0. The molecule has 25 heavy (non-hydrogen) atoms. The molecule has 4 aromatic rings. The van der Waals surface area contributed by atoms with Crippen molar-refractivity contribution in [3.05, 3.63) is 74.4 Å². The van der Waals surface area contributed by atoms with Crippen molar-refractivity contribution in [1.29, 1.82) is 0 Å². The first-order valence-corrected chi connectivity index (χ1v) is 8.66. The molecule has 0 atom stereocenters. The SMILES string of the molecule is Cc1cc(=O)oc2cc(OC(=O)c3sc4ccccc4c3Cl)ccc12. The highest BCUT2D eigenvalue weighted by Gasteiger charge is 2.19. The van der Waals surface area contributed by atoms with Gasteiger partial charge in [0.25, 0.3) is 0 Å². The number of benzene rings is 2. The van der Waals surface area contributed by atoms with Crippen LogP contribution in [-0.4, -0.2) is 5.97 Å². The fraction of sp³-hybridized carbons (Fsp3) is 0.0526. The van der Waals surface area contributed by atoms with Crippen molar-refractivity contribution in [2.75, 3.05) is 0 Å². The van der Waals surface area contributed by atoms with E-state index in [0.29, 0.717) is 21.2 Å². The second-order valence-electron chi connectivity index (χ2n) is 5.54. The van der Waals surface area contributed by atoms with Gasteiger partial charge in [-0.1, -0.05) is 29.8 Å². The van der Waals surface area contributed by atoms with E-state index in [0.717, 1.165) is 21.0 Å². The van der Waals surface area contributed by atoms with Gasteiger partial charge in [-0.05, 0) is 30.7 Å². The number of esters is 1. The van der Waals surface area contributed by atoms with Crippen LogP contribution < -0.4 is 10.4 Å². The normalized spacial score (nSPS) is 11.1. The maximum absolute atomic E-state index is 12.5. The lowest BCUT2D eigenvalue weighted by atomic mass is 10.1. The molecule has 0 saturated heterocycles. The number of hydrogen-bond donors (Lipinski definition) is 0. The van der Waals surface area contributed by atoms with Gasteiger partial charge >= 0.3 is 11.6 Å². The summed E-state index contributed by atoms with van der Waals surface area (Å²) < 4.78 is 11.5. The van der Waals surface area contributed by atoms with Gasteiger partial charge in [-0.3, -0.25) is 0 Å². The fourth-order valence-corrected chi connectivity index (χ4v) is 4.05. The van der Waals surface area contributed by atoms with Gasteiger partial charge < -0.3 is 9.15 Å². The van der Waals surface area contributed by atoms with Crippen LogP contribution in [0.1, 0.15) is 15.2 Å². The minimum atomic E-state index is -0.541. The Hall–Kier alpha value is -2.63. The average molecular weight is 371 g/mol. The molecule has 4 rings (SSSR count). The van der Waals surface area contributed by atoms with Gasteiger partial charge in [-0.15, -0.1) is 11.3 Å². The molecule has 0 unspecified atom stereocenters. The van der Waals surface area contributed by atoms with Crippen molar-refractivity contribution < 1.29 is 13.9 Å². The van der Waals surface area contributed by atoms with Crippen LogP contribution in [0, 0.1) is 6.92 Å². The van der Waals surface area contributed by atoms with E-state index in [2.05, 4.69) is 0 Å². The molecule has 0 spiro atoms. The molecule has 124 valence electrons. The minimum absolute atomic E-state index is 0.291. The molecule has 6 heteroatoms. The second kappa shape index (κ2) is 6.02. The summed E-state index contributed by atoms with van der Waals surface area (Å²) in [7, 11) is 0. The van der Waals surface area contributed by atoms with Gasteiger partial charge in [0.05, 0.1) is 5.02 Å². The number of halogens is 1. The first kappa shape index (κ1) is 15.9. The van der Waals surface area contributed by atoms with Crippen LogP contribution in [0.4, 0.5) is 0 Å². The Kier molecular flexibility index (Phi) is 3.82. The second-order valence-corrected chi connectivity index (χ2v) is 6.97. The number of hydrogen-bond acceptors (Lipinski definition) is 5. The Morgan fingerprint density at radius 1 is 1.12 bits per heavy atom. The Morgan fingerprint density at radius 3 is 2.72 bits per heavy atom. The molecule has 0 bridgehead atoms. The van der Waals surface area contributed by atoms with Crippen LogP contribution in [0.3, 0.4) is 0 Å². The molecular weight excluding hydrogens is 360 g/mol. The number of carbonyl (C=O) groups excluding carboxylic acids is 1. The number of thiophene rings is 1. The first-order valence-electron chi connectivity index (χ1n) is 7.46. The molecule has 0 fully saturated rings. The van der Waals surface area contributed by atoms with Crippen molar-refractivity contribution in [3.8, 4) is 5.75 Å². The summed E-state index contributed by atoms with van der Waals surface area (Å²) in [6, 6.07) is 13.9. The van der Waals surface area contributed by atoms with Gasteiger partial charge in [0, 0.05) is 27.6 Å². The summed E-state index contributed by atoms with van der Waals surface area (Å²) in [5.41, 5.74) is 0.732. The summed E-state index contributed by atoms with van der Waals surface area (Å²) in [4.78, 5) is 24.3. The van der Waals surface area contributed by atoms with Gasteiger partial charge in [-0.2, -0.15) is 0 Å². The van der Waals surface area contributed by atoms with E-state index in [9.17, 15) is 9.59 Å². The topological polar surface area (TPSA) is 56.5 Å². The van der Waals surface area contributed by atoms with Gasteiger partial charge in [-0.25, -0.2) is 9.59 Å². The fourth-order valence-electron chi connectivity index (χ4n) is 2.67. The van der Waals surface area contributed by atoms with Crippen LogP contribution in [0.2, 0.25) is 5.02 Å². The van der Waals surface area contributed by atoms with E-state index in [1.165, 1.54) is 23.5 Å². The number of aryl methyl sites for hydroxylation is 1. The van der Waals surface area contributed by atoms with Crippen molar-refractivity contribution >= 4 is 50.0 Å². The van der Waals surface area contributed by atoms with E-state index in [1.54, 1.807) is 12.1 Å². The zero-order valence-electron chi connectivity index (χ0n) is 13.0. The zero-order valence-corrected chi connectivity index (χ0v) is 14.6. The lowest BCUT2D eigenvalue weighted by Gasteiger charge is -2.05. The molecular formula is C19H11ClO4S. The maximum Gasteiger partial charge on any atom is 0.355 e. The van der Waals surface area contributed by atoms with Crippen molar-refractivity contribution in [1.82, 2.24) is 0 Å². The number of fused-ring (bicyclic) bond motifs is 2. The third-order valence-electron chi connectivity index (χ3n) is 3.85. The lowest BCUT2D eigenvalue weighted by molar-refractivity contribution is 0.0740. The number of ether oxygens (including phenoxy) is 1. The molecule has 2 aromatic carbocycles. The smallest absolute Gasteiger partial charge is 0.355 e. The minimum Gasteiger partial charge on any atom is -0.423 e. The standard InChI is InChI=1S/C19H11ClO4S/c1-10-8-16(21)24-14-9-11(6-7-12(10)14)23-19(22)18-17(20)13-4-2-3-5-15(13)25-18/h2-9H,1H3. The number of rotatable bonds is 2. The van der Waals surface area contributed by atoms with Gasteiger partial charge in [0.1, 0.15) is 16.2 Å². The quantitative estimate of drug-likeness (QED) is 0.277. The predicted molar refractivity (Wildman–Crippen MR) is 99.0 cm³/mol. The Labute approximate surface area is 151 Å². The predicted octanol–water partition coefficient (Wildman–Crippen LogP) is 5.19. The zero-order chi connectivity index (χ0) is 17.6. The molecule has 0 saturated carbocycles. The van der Waals surface area contributed by atoms with E-state index in [4.69, 9.17) is 20.8 Å². The largest absolute Gasteiger partial charge is 0.423 e. The van der Waals surface area contributed by atoms with Crippen molar-refractivity contribution in [2.45, 2.75) is 6.92 Å². The molecule has 0 aliphatic heterocycles. The highest BCUT2D eigenvalue weighted by atomic mass is 35.5. The summed E-state index contributed by atoms with van der Waals surface area (Å²) in [5.74, 6) is -0.250. The van der Waals surface area contributed by atoms with E-state index in [1.807, 2.05) is 31.2 Å². The summed E-state index contributed by atoms with van der Waals surface area (Å²) in [6.45, 7) is 1.82. The van der Waals surface area contributed by atoms with Crippen LogP contribution in [0.5, 0.6) is 5.75 Å². The van der Waals surface area contributed by atoms with E-state index < -0.39 is 11.6 Å². The Balaban J connectivity index is 1.71. The van der Waals surface area contributed by atoms with E-state index >= 15 is 0 Å². The van der Waals surface area contributed by atoms with Crippen molar-refractivity contribution in [2.24, 2.45) is 0 Å². The molecule has 2 heterocycles. The molecule has 0 aliphatic carbocycles. The van der Waals surface area contributed by atoms with Gasteiger partial charge in [0.2, 0.25) is 0 Å². The molecule has 0 radical (unpaired) electrons. The summed E-state index contributed by atoms with van der Waals surface area (Å²) in [6.07, 6.45) is 0. The summed E-state index contributed by atoms with van der Waals surface area (Å²) in [5, 5.41) is 1.99. The third kappa shape index (κ3) is 2.81. The third-order valence-corrected chi connectivity index (χ3v) is 5.51. The highest BCUT2D eigenvalue weighted by molar-refractivity contribution is 7.21. The summed E-state index contributed by atoms with van der Waals surface area (Å²) >= 11 is 7.58. The van der Waals surface area contributed by atoms with Crippen LogP contribution in [-0.2, 0) is 0 Å². The monoisotopic (exact) mass is 370 g/mol. The molecule has 0 N–H and O–H groups in total. The van der Waals surface area contributed by atoms with E-state index in [-0.39, 0.29) is 0 Å². The van der Waals surface area contributed by atoms with Crippen LogP contribution in [0.25, 0.3) is 21.1 Å². The Bertz CT molecular complexity index is 1190. The van der Waals surface area contributed by atoms with Crippen molar-refractivity contribution in [3.63, 3.8) is 0 Å². The highest BCUT2D eigenvalue weighted by Crippen LogP contribution is 2.36. The average Bonchev–Trinajstić information content (AvgIpc) is 2.92.